The van der Waals surface area contributed by atoms with Crippen molar-refractivity contribution in [2.24, 2.45) is 9.98 Å². The molecular formula is C25H26N2O2. The number of benzene rings is 2. The fourth-order valence-electron chi connectivity index (χ4n) is 3.59. The Morgan fingerprint density at radius 2 is 2.03 bits per heavy atom. The third-order valence-electron chi connectivity index (χ3n) is 5.33. The van der Waals surface area contributed by atoms with Crippen molar-refractivity contribution in [3.05, 3.63) is 77.2 Å². The molecular weight excluding hydrogens is 360 g/mol. The van der Waals surface area contributed by atoms with Crippen LogP contribution in [0.4, 0.5) is 0 Å². The van der Waals surface area contributed by atoms with Gasteiger partial charge < -0.3 is 9.52 Å². The van der Waals surface area contributed by atoms with Gasteiger partial charge in [0.2, 0.25) is 0 Å². The highest BCUT2D eigenvalue weighted by molar-refractivity contribution is 5.91. The third-order valence-corrected chi connectivity index (χ3v) is 5.33. The van der Waals surface area contributed by atoms with Crippen molar-refractivity contribution in [2.45, 2.75) is 45.2 Å². The molecule has 1 aromatic heterocycles. The number of aliphatic imine (C=N–C) groups is 2. The molecule has 1 aliphatic rings. The molecule has 4 nitrogen and oxygen atoms in total. The third kappa shape index (κ3) is 4.16. The van der Waals surface area contributed by atoms with Gasteiger partial charge in [0, 0.05) is 23.6 Å². The monoisotopic (exact) mass is 386 g/mol. The molecule has 0 radical (unpaired) electrons. The molecule has 0 amide bonds. The van der Waals surface area contributed by atoms with Crippen molar-refractivity contribution in [3.8, 4) is 16.9 Å². The summed E-state index contributed by atoms with van der Waals surface area (Å²) in [6.45, 7) is 7.93. The molecule has 2 heterocycles. The molecule has 1 N–H and O–H groups in total. The fraction of sp³-hybridized carbons (Fsp3) is 0.280. The molecule has 2 aromatic carbocycles. The predicted octanol–water partition coefficient (Wildman–Crippen LogP) is 5.89. The molecule has 0 spiro atoms. The molecule has 0 saturated carbocycles. The van der Waals surface area contributed by atoms with Crippen molar-refractivity contribution in [3.63, 3.8) is 0 Å². The summed E-state index contributed by atoms with van der Waals surface area (Å²) >= 11 is 0. The summed E-state index contributed by atoms with van der Waals surface area (Å²) in [5.41, 5.74) is 6.57. The molecule has 0 fully saturated rings. The summed E-state index contributed by atoms with van der Waals surface area (Å²) in [6.07, 6.45) is 7.17. The number of rotatable bonds is 4. The average Bonchev–Trinajstić information content (AvgIpc) is 3.21. The van der Waals surface area contributed by atoms with Gasteiger partial charge in [0.05, 0.1) is 31.5 Å². The van der Waals surface area contributed by atoms with E-state index in [0.29, 0.717) is 6.54 Å². The van der Waals surface area contributed by atoms with Gasteiger partial charge in [-0.2, -0.15) is 0 Å². The summed E-state index contributed by atoms with van der Waals surface area (Å²) in [5.74, 6) is 0.318. The number of phenolic OH excluding ortho intramolecular Hbond substituents is 1. The van der Waals surface area contributed by atoms with Crippen molar-refractivity contribution < 1.29 is 9.52 Å². The highest BCUT2D eigenvalue weighted by Crippen LogP contribution is 2.31. The summed E-state index contributed by atoms with van der Waals surface area (Å²) in [5, 5.41) is 10.3. The first kappa shape index (κ1) is 19.2. The van der Waals surface area contributed by atoms with E-state index in [4.69, 9.17) is 4.42 Å². The number of hydrogen-bond acceptors (Lipinski definition) is 4. The van der Waals surface area contributed by atoms with Gasteiger partial charge in [-0.05, 0) is 39.8 Å². The second kappa shape index (κ2) is 7.70. The van der Waals surface area contributed by atoms with Gasteiger partial charge in [0.1, 0.15) is 5.75 Å². The second-order valence-electron chi connectivity index (χ2n) is 8.53. The maximum atomic E-state index is 10.3. The Kier molecular flexibility index (Phi) is 5.10. The van der Waals surface area contributed by atoms with Crippen LogP contribution < -0.4 is 0 Å². The number of phenols is 1. The molecule has 1 aliphatic heterocycles. The van der Waals surface area contributed by atoms with E-state index in [9.17, 15) is 5.11 Å². The van der Waals surface area contributed by atoms with Gasteiger partial charge in [0.25, 0.3) is 0 Å². The number of aromatic hydroxyl groups is 1. The topological polar surface area (TPSA) is 58.1 Å². The van der Waals surface area contributed by atoms with E-state index in [1.54, 1.807) is 18.6 Å². The first-order chi connectivity index (χ1) is 13.9. The second-order valence-corrected chi connectivity index (χ2v) is 8.53. The molecule has 3 aromatic rings. The van der Waals surface area contributed by atoms with Crippen LogP contribution >= 0.6 is 0 Å². The highest BCUT2D eigenvalue weighted by Gasteiger charge is 2.20. The van der Waals surface area contributed by atoms with Crippen molar-refractivity contribution in [1.29, 1.82) is 0 Å². The lowest BCUT2D eigenvalue weighted by Gasteiger charge is -2.24. The maximum absolute atomic E-state index is 10.3. The summed E-state index contributed by atoms with van der Waals surface area (Å²) in [7, 11) is 0. The zero-order valence-electron chi connectivity index (χ0n) is 17.1. The minimum atomic E-state index is 0.0832. The van der Waals surface area contributed by atoms with Crippen molar-refractivity contribution in [1.82, 2.24) is 0 Å². The molecule has 0 bridgehead atoms. The van der Waals surface area contributed by atoms with Crippen LogP contribution in [-0.4, -0.2) is 17.5 Å². The van der Waals surface area contributed by atoms with Gasteiger partial charge in [-0.15, -0.1) is 0 Å². The van der Waals surface area contributed by atoms with Crippen LogP contribution in [0.15, 0.2) is 69.4 Å². The Morgan fingerprint density at radius 3 is 2.76 bits per heavy atom. The van der Waals surface area contributed by atoms with E-state index in [-0.39, 0.29) is 17.1 Å². The van der Waals surface area contributed by atoms with Gasteiger partial charge in [-0.25, -0.2) is 0 Å². The maximum Gasteiger partial charge on any atom is 0.123 e. The zero-order valence-corrected chi connectivity index (χ0v) is 17.1. The summed E-state index contributed by atoms with van der Waals surface area (Å²) < 4.78 is 5.10. The van der Waals surface area contributed by atoms with Crippen molar-refractivity contribution in [2.75, 3.05) is 0 Å². The minimum absolute atomic E-state index is 0.0832. The van der Waals surface area contributed by atoms with E-state index >= 15 is 0 Å². The number of nitrogens with zero attached hydrogens (tertiary/aromatic N) is 2. The van der Waals surface area contributed by atoms with Gasteiger partial charge >= 0.3 is 0 Å². The largest absolute Gasteiger partial charge is 0.507 e. The van der Waals surface area contributed by atoms with E-state index in [1.165, 1.54) is 16.7 Å². The predicted molar refractivity (Wildman–Crippen MR) is 118 cm³/mol. The molecule has 0 aliphatic carbocycles. The Balaban J connectivity index is 1.51. The quantitative estimate of drug-likeness (QED) is 0.569. The number of furan rings is 1. The average molecular weight is 386 g/mol. The lowest BCUT2D eigenvalue weighted by molar-refractivity contribution is 0.476. The molecule has 4 heteroatoms. The van der Waals surface area contributed by atoms with Crippen LogP contribution in [0, 0.1) is 0 Å². The summed E-state index contributed by atoms with van der Waals surface area (Å²) in [6, 6.07) is 14.2. The fourth-order valence-corrected chi connectivity index (χ4v) is 3.59. The van der Waals surface area contributed by atoms with E-state index in [0.717, 1.165) is 23.2 Å². The van der Waals surface area contributed by atoms with Crippen LogP contribution in [0.25, 0.3) is 11.1 Å². The van der Waals surface area contributed by atoms with E-state index < -0.39 is 0 Å². The standard InChI is InChI=1S/C25H26N2O2/c1-25(2,3)21-6-5-18-13-27-15-20(23(18)11-21)14-26-12-17-4-7-22(24(28)10-17)19-8-9-29-16-19/h4-11,14-16,20,28H,12-13H2,1-3H3. The van der Waals surface area contributed by atoms with Crippen LogP contribution in [0.5, 0.6) is 5.75 Å². The Bertz CT molecular complexity index is 1060. The van der Waals surface area contributed by atoms with Crippen LogP contribution in [0.1, 0.15) is 48.9 Å². The smallest absolute Gasteiger partial charge is 0.123 e. The summed E-state index contributed by atoms with van der Waals surface area (Å²) in [4.78, 5) is 9.15. The van der Waals surface area contributed by atoms with Crippen molar-refractivity contribution >= 4 is 12.4 Å². The van der Waals surface area contributed by atoms with Crippen LogP contribution in [0.2, 0.25) is 0 Å². The first-order valence-corrected chi connectivity index (χ1v) is 9.89. The normalized spacial score (nSPS) is 16.3. The van der Waals surface area contributed by atoms with Gasteiger partial charge in [-0.3, -0.25) is 9.98 Å². The Hall–Kier alpha value is -3.14. The zero-order chi connectivity index (χ0) is 20.4. The molecule has 29 heavy (non-hydrogen) atoms. The minimum Gasteiger partial charge on any atom is -0.507 e. The first-order valence-electron chi connectivity index (χ1n) is 9.89. The van der Waals surface area contributed by atoms with Gasteiger partial charge in [-0.1, -0.05) is 51.1 Å². The number of fused-ring (bicyclic) bond motifs is 1. The van der Waals surface area contributed by atoms with Crippen LogP contribution in [0.3, 0.4) is 0 Å². The molecule has 0 saturated heterocycles. The molecule has 148 valence electrons. The van der Waals surface area contributed by atoms with E-state index in [1.807, 2.05) is 30.6 Å². The Morgan fingerprint density at radius 1 is 1.17 bits per heavy atom. The Labute approximate surface area is 171 Å². The molecule has 1 atom stereocenters. The van der Waals surface area contributed by atoms with Crippen LogP contribution in [-0.2, 0) is 18.5 Å². The number of hydrogen-bond donors (Lipinski definition) is 1. The van der Waals surface area contributed by atoms with Gasteiger partial charge in [0.15, 0.2) is 0 Å². The highest BCUT2D eigenvalue weighted by atomic mass is 16.3. The molecule has 1 unspecified atom stereocenters. The SMILES string of the molecule is CC(C)(C)c1ccc2c(c1)C(C=NCc1ccc(-c3ccoc3)c(O)c1)C=NC2. The lowest BCUT2D eigenvalue weighted by Crippen LogP contribution is -2.16. The van der Waals surface area contributed by atoms with E-state index in [2.05, 4.69) is 49.0 Å². The lowest BCUT2D eigenvalue weighted by atomic mass is 9.82. The molecule has 4 rings (SSSR count).